The van der Waals surface area contributed by atoms with Crippen LogP contribution in [0.5, 0.6) is 5.88 Å². The number of ether oxygens (including phenoxy) is 1. The van der Waals surface area contributed by atoms with Crippen LogP contribution in [0.4, 0.5) is 5.69 Å². The summed E-state index contributed by atoms with van der Waals surface area (Å²) in [6.07, 6.45) is 3.30. The van der Waals surface area contributed by atoms with Gasteiger partial charge in [0.1, 0.15) is 5.69 Å². The van der Waals surface area contributed by atoms with E-state index in [1.54, 1.807) is 11.6 Å². The van der Waals surface area contributed by atoms with E-state index in [0.717, 1.165) is 19.5 Å². The summed E-state index contributed by atoms with van der Waals surface area (Å²) in [7, 11) is 0. The molecule has 1 aromatic rings. The van der Waals surface area contributed by atoms with Gasteiger partial charge in [-0.25, -0.2) is 4.68 Å². The van der Waals surface area contributed by atoms with E-state index in [-0.39, 0.29) is 5.69 Å². The summed E-state index contributed by atoms with van der Waals surface area (Å²) in [5.74, 6) is 0.890. The summed E-state index contributed by atoms with van der Waals surface area (Å²) < 4.78 is 7.24. The van der Waals surface area contributed by atoms with Crippen LogP contribution in [-0.2, 0) is 6.54 Å². The van der Waals surface area contributed by atoms with Gasteiger partial charge < -0.3 is 10.1 Å². The number of aromatic nitrogens is 2. The van der Waals surface area contributed by atoms with Crippen molar-refractivity contribution in [1.29, 1.82) is 0 Å². The maximum Gasteiger partial charge on any atom is 0.353 e. The van der Waals surface area contributed by atoms with Crippen molar-refractivity contribution in [3.63, 3.8) is 0 Å². The molecule has 7 nitrogen and oxygen atoms in total. The molecule has 0 bridgehead atoms. The highest BCUT2D eigenvalue weighted by Gasteiger charge is 2.26. The lowest BCUT2D eigenvalue weighted by atomic mass is 9.97. The maximum absolute atomic E-state index is 11.1. The molecule has 0 aliphatic carbocycles. The van der Waals surface area contributed by atoms with E-state index < -0.39 is 4.92 Å². The molecule has 0 saturated carbocycles. The van der Waals surface area contributed by atoms with Crippen LogP contribution >= 0.6 is 0 Å². The highest BCUT2D eigenvalue weighted by Crippen LogP contribution is 2.30. The zero-order valence-corrected chi connectivity index (χ0v) is 12.1. The van der Waals surface area contributed by atoms with E-state index in [4.69, 9.17) is 4.74 Å². The van der Waals surface area contributed by atoms with Crippen LogP contribution in [0.3, 0.4) is 0 Å². The Labute approximate surface area is 118 Å². The van der Waals surface area contributed by atoms with E-state index in [0.29, 0.717) is 30.6 Å². The van der Waals surface area contributed by atoms with Crippen molar-refractivity contribution >= 4 is 5.69 Å². The van der Waals surface area contributed by atoms with E-state index in [2.05, 4.69) is 10.4 Å². The van der Waals surface area contributed by atoms with Crippen LogP contribution in [0, 0.1) is 23.0 Å². The fourth-order valence-corrected chi connectivity index (χ4v) is 2.61. The van der Waals surface area contributed by atoms with Gasteiger partial charge in [0.15, 0.2) is 0 Å². The summed E-state index contributed by atoms with van der Waals surface area (Å²) in [6, 6.07) is 0. The third-order valence-electron chi connectivity index (χ3n) is 3.70. The Morgan fingerprint density at radius 3 is 3.00 bits per heavy atom. The van der Waals surface area contributed by atoms with Gasteiger partial charge in [0, 0.05) is 6.54 Å². The van der Waals surface area contributed by atoms with Gasteiger partial charge in [-0.05, 0) is 52.1 Å². The van der Waals surface area contributed by atoms with E-state index in [1.165, 1.54) is 12.8 Å². The topological polar surface area (TPSA) is 82.2 Å². The first-order chi connectivity index (χ1) is 9.63. The van der Waals surface area contributed by atoms with Gasteiger partial charge >= 0.3 is 5.69 Å². The summed E-state index contributed by atoms with van der Waals surface area (Å²) in [4.78, 5) is 10.7. The monoisotopic (exact) mass is 282 g/mol. The minimum absolute atomic E-state index is 0.00591. The molecule has 0 spiro atoms. The minimum atomic E-state index is -0.411. The fourth-order valence-electron chi connectivity index (χ4n) is 2.61. The predicted molar refractivity (Wildman–Crippen MR) is 75.0 cm³/mol. The molecule has 2 heterocycles. The van der Waals surface area contributed by atoms with Crippen molar-refractivity contribution in [2.45, 2.75) is 39.7 Å². The SMILES string of the molecule is CCn1nc(C)c([N+](=O)[O-])c1OCCC1CCCNC1. The summed E-state index contributed by atoms with van der Waals surface area (Å²) in [5.41, 5.74) is 0.403. The number of hydrogen-bond acceptors (Lipinski definition) is 5. The Hall–Kier alpha value is -1.63. The summed E-state index contributed by atoms with van der Waals surface area (Å²) >= 11 is 0. The molecule has 1 fully saturated rings. The Kier molecular flexibility index (Phi) is 4.94. The fraction of sp³-hybridized carbons (Fsp3) is 0.769. The lowest BCUT2D eigenvalue weighted by Crippen LogP contribution is -2.30. The molecule has 0 amide bonds. The Morgan fingerprint density at radius 2 is 2.40 bits per heavy atom. The number of hydrogen-bond donors (Lipinski definition) is 1. The minimum Gasteiger partial charge on any atom is -0.473 e. The van der Waals surface area contributed by atoms with Crippen LogP contribution in [0.2, 0.25) is 0 Å². The van der Waals surface area contributed by atoms with Crippen LogP contribution in [-0.4, -0.2) is 34.4 Å². The molecule has 1 aliphatic heterocycles. The second kappa shape index (κ2) is 6.69. The third kappa shape index (κ3) is 3.27. The van der Waals surface area contributed by atoms with E-state index in [1.807, 2.05) is 6.92 Å². The smallest absolute Gasteiger partial charge is 0.353 e. The van der Waals surface area contributed by atoms with Crippen LogP contribution in [0.1, 0.15) is 31.9 Å². The molecule has 1 aliphatic rings. The normalized spacial score (nSPS) is 19.0. The lowest BCUT2D eigenvalue weighted by molar-refractivity contribution is -0.386. The number of nitro groups is 1. The molecule has 1 aromatic heterocycles. The van der Waals surface area contributed by atoms with Crippen molar-refractivity contribution in [1.82, 2.24) is 15.1 Å². The van der Waals surface area contributed by atoms with Crippen LogP contribution < -0.4 is 10.1 Å². The molecule has 7 heteroatoms. The van der Waals surface area contributed by atoms with Crippen LogP contribution in [0.15, 0.2) is 0 Å². The molecule has 20 heavy (non-hydrogen) atoms. The van der Waals surface area contributed by atoms with Gasteiger partial charge in [-0.3, -0.25) is 10.1 Å². The van der Waals surface area contributed by atoms with Gasteiger partial charge in [-0.1, -0.05) is 0 Å². The number of nitrogens with one attached hydrogen (secondary N) is 1. The van der Waals surface area contributed by atoms with Crippen molar-refractivity contribution in [3.8, 4) is 5.88 Å². The third-order valence-corrected chi connectivity index (χ3v) is 3.70. The second-order valence-electron chi connectivity index (χ2n) is 5.16. The molecule has 2 rings (SSSR count). The molecular weight excluding hydrogens is 260 g/mol. The zero-order valence-electron chi connectivity index (χ0n) is 12.1. The van der Waals surface area contributed by atoms with Crippen LogP contribution in [0.25, 0.3) is 0 Å². The van der Waals surface area contributed by atoms with Gasteiger partial charge in [-0.15, -0.1) is 0 Å². The second-order valence-corrected chi connectivity index (χ2v) is 5.16. The molecule has 0 aromatic carbocycles. The average Bonchev–Trinajstić information content (AvgIpc) is 2.76. The molecule has 1 saturated heterocycles. The first-order valence-electron chi connectivity index (χ1n) is 7.18. The largest absolute Gasteiger partial charge is 0.473 e. The molecule has 1 atom stereocenters. The molecule has 0 radical (unpaired) electrons. The first-order valence-corrected chi connectivity index (χ1v) is 7.18. The average molecular weight is 282 g/mol. The molecule has 1 N–H and O–H groups in total. The van der Waals surface area contributed by atoms with Gasteiger partial charge in [0.25, 0.3) is 5.88 Å². The number of rotatable bonds is 6. The standard InChI is InChI=1S/C13H22N4O3/c1-3-16-13(12(17(18)19)10(2)15-16)20-8-6-11-5-4-7-14-9-11/h11,14H,3-9H2,1-2H3. The van der Waals surface area contributed by atoms with Gasteiger partial charge in [0.2, 0.25) is 0 Å². The first kappa shape index (κ1) is 14.8. The molecule has 1 unspecified atom stereocenters. The summed E-state index contributed by atoms with van der Waals surface area (Å²) in [6.45, 7) is 6.70. The highest BCUT2D eigenvalue weighted by atomic mass is 16.6. The number of aryl methyl sites for hydroxylation is 2. The lowest BCUT2D eigenvalue weighted by Gasteiger charge is -2.22. The van der Waals surface area contributed by atoms with Gasteiger partial charge in [-0.2, -0.15) is 5.10 Å². The summed E-state index contributed by atoms with van der Waals surface area (Å²) in [5, 5.41) is 18.6. The number of piperidine rings is 1. The van der Waals surface area contributed by atoms with Gasteiger partial charge in [0.05, 0.1) is 11.5 Å². The Balaban J connectivity index is 1.98. The zero-order chi connectivity index (χ0) is 14.5. The predicted octanol–water partition coefficient (Wildman–Crippen LogP) is 1.89. The molecular formula is C13H22N4O3. The maximum atomic E-state index is 11.1. The van der Waals surface area contributed by atoms with Crippen molar-refractivity contribution in [3.05, 3.63) is 15.8 Å². The Morgan fingerprint density at radius 1 is 1.60 bits per heavy atom. The quantitative estimate of drug-likeness (QED) is 0.636. The van der Waals surface area contributed by atoms with E-state index >= 15 is 0 Å². The number of nitrogens with zero attached hydrogens (tertiary/aromatic N) is 3. The van der Waals surface area contributed by atoms with Crippen molar-refractivity contribution < 1.29 is 9.66 Å². The highest BCUT2D eigenvalue weighted by molar-refractivity contribution is 5.45. The van der Waals surface area contributed by atoms with Crippen molar-refractivity contribution in [2.24, 2.45) is 5.92 Å². The molecule has 112 valence electrons. The Bertz CT molecular complexity index is 466. The van der Waals surface area contributed by atoms with E-state index in [9.17, 15) is 10.1 Å². The van der Waals surface area contributed by atoms with Crippen molar-refractivity contribution in [2.75, 3.05) is 19.7 Å².